The first-order valence-electron chi connectivity index (χ1n) is 6.18. The number of amides is 1. The largest absolute Gasteiger partial charge is 0.508 e. The monoisotopic (exact) mass is 305 g/mol. The quantitative estimate of drug-likeness (QED) is 0.912. The average Bonchev–Trinajstić information content (AvgIpc) is 2.42. The van der Waals surface area contributed by atoms with Gasteiger partial charge in [-0.3, -0.25) is 4.79 Å². The highest BCUT2D eigenvalue weighted by atomic mass is 32.2. The molecule has 2 rings (SSSR count). The van der Waals surface area contributed by atoms with Crippen LogP contribution >= 0.6 is 0 Å². The zero-order valence-corrected chi connectivity index (χ0v) is 12.4. The lowest BCUT2D eigenvalue weighted by Gasteiger charge is -2.07. The summed E-state index contributed by atoms with van der Waals surface area (Å²) < 4.78 is 22.7. The number of benzene rings is 2. The van der Waals surface area contributed by atoms with Gasteiger partial charge in [-0.1, -0.05) is 6.07 Å². The molecule has 0 bridgehead atoms. The minimum atomic E-state index is -3.28. The van der Waals surface area contributed by atoms with E-state index in [1.807, 2.05) is 0 Å². The zero-order chi connectivity index (χ0) is 15.6. The molecule has 0 aliphatic heterocycles. The molecule has 2 N–H and O–H groups in total. The van der Waals surface area contributed by atoms with Crippen molar-refractivity contribution in [3.8, 4) is 5.75 Å². The molecule has 0 unspecified atom stereocenters. The minimum absolute atomic E-state index is 0.0974. The van der Waals surface area contributed by atoms with Crippen LogP contribution in [0.2, 0.25) is 0 Å². The van der Waals surface area contributed by atoms with Crippen LogP contribution in [0.4, 0.5) is 5.69 Å². The number of nitrogens with one attached hydrogen (secondary N) is 1. The number of sulfone groups is 1. The predicted molar refractivity (Wildman–Crippen MR) is 80.3 cm³/mol. The molecule has 0 heterocycles. The van der Waals surface area contributed by atoms with Gasteiger partial charge in [-0.2, -0.15) is 0 Å². The van der Waals surface area contributed by atoms with E-state index in [2.05, 4.69) is 5.32 Å². The van der Waals surface area contributed by atoms with E-state index in [9.17, 15) is 18.3 Å². The van der Waals surface area contributed by atoms with Crippen molar-refractivity contribution in [3.63, 3.8) is 0 Å². The molecule has 5 nitrogen and oxygen atoms in total. The van der Waals surface area contributed by atoms with Crippen LogP contribution in [-0.2, 0) is 9.84 Å². The average molecular weight is 305 g/mol. The second-order valence-electron chi connectivity index (χ2n) is 4.75. The predicted octanol–water partition coefficient (Wildman–Crippen LogP) is 2.36. The standard InChI is InChI=1S/C15H15NO4S/c1-10-3-6-12(9-14(10)17)16-15(18)11-4-7-13(8-5-11)21(2,19)20/h3-9,17H,1-2H3,(H,16,18). The van der Waals surface area contributed by atoms with Crippen LogP contribution in [0.15, 0.2) is 47.4 Å². The molecule has 0 aliphatic carbocycles. The third kappa shape index (κ3) is 3.61. The highest BCUT2D eigenvalue weighted by Gasteiger charge is 2.10. The van der Waals surface area contributed by atoms with E-state index in [-0.39, 0.29) is 16.6 Å². The molecule has 0 atom stereocenters. The number of hydrogen-bond acceptors (Lipinski definition) is 4. The number of carbonyl (C=O) groups excluding carboxylic acids is 1. The van der Waals surface area contributed by atoms with Gasteiger partial charge in [0.05, 0.1) is 4.90 Å². The van der Waals surface area contributed by atoms with Gasteiger partial charge in [-0.25, -0.2) is 8.42 Å². The first kappa shape index (κ1) is 15.1. The van der Waals surface area contributed by atoms with Crippen LogP contribution in [-0.4, -0.2) is 25.7 Å². The molecule has 110 valence electrons. The Morgan fingerprint density at radius 3 is 2.24 bits per heavy atom. The molecule has 0 aromatic heterocycles. The maximum absolute atomic E-state index is 12.0. The second-order valence-corrected chi connectivity index (χ2v) is 6.77. The molecule has 0 spiro atoms. The smallest absolute Gasteiger partial charge is 0.255 e. The van der Waals surface area contributed by atoms with Gasteiger partial charge in [-0.05, 0) is 42.8 Å². The van der Waals surface area contributed by atoms with Crippen LogP contribution < -0.4 is 5.32 Å². The number of hydrogen-bond donors (Lipinski definition) is 2. The van der Waals surface area contributed by atoms with Crippen LogP contribution in [0.5, 0.6) is 5.75 Å². The van der Waals surface area contributed by atoms with Crippen molar-refractivity contribution < 1.29 is 18.3 Å². The lowest BCUT2D eigenvalue weighted by Crippen LogP contribution is -2.12. The summed E-state index contributed by atoms with van der Waals surface area (Å²) >= 11 is 0. The second kappa shape index (κ2) is 5.57. The summed E-state index contributed by atoms with van der Waals surface area (Å²) in [6.07, 6.45) is 1.11. The Kier molecular flexibility index (Phi) is 3.99. The summed E-state index contributed by atoms with van der Waals surface area (Å²) in [7, 11) is -3.28. The van der Waals surface area contributed by atoms with E-state index < -0.39 is 9.84 Å². The number of phenols is 1. The minimum Gasteiger partial charge on any atom is -0.508 e. The Morgan fingerprint density at radius 2 is 1.71 bits per heavy atom. The van der Waals surface area contributed by atoms with Gasteiger partial charge in [0, 0.05) is 23.6 Å². The highest BCUT2D eigenvalue weighted by molar-refractivity contribution is 7.90. The summed E-state index contributed by atoms with van der Waals surface area (Å²) in [6, 6.07) is 10.5. The van der Waals surface area contributed by atoms with Crippen LogP contribution in [0, 0.1) is 6.92 Å². The molecular formula is C15H15NO4S. The first-order chi connectivity index (χ1) is 9.77. The van der Waals surface area contributed by atoms with Gasteiger partial charge >= 0.3 is 0 Å². The Balaban J connectivity index is 2.18. The molecule has 1 amide bonds. The van der Waals surface area contributed by atoms with Crippen molar-refractivity contribution in [1.29, 1.82) is 0 Å². The Bertz CT molecular complexity index is 780. The number of phenolic OH excluding ortho intramolecular Hbond substituents is 1. The normalized spacial score (nSPS) is 11.1. The van der Waals surface area contributed by atoms with Gasteiger partial charge in [0.1, 0.15) is 5.75 Å². The van der Waals surface area contributed by atoms with Gasteiger partial charge in [-0.15, -0.1) is 0 Å². The summed E-state index contributed by atoms with van der Waals surface area (Å²) in [4.78, 5) is 12.2. The number of aryl methyl sites for hydroxylation is 1. The van der Waals surface area contributed by atoms with E-state index in [0.29, 0.717) is 16.8 Å². The fraction of sp³-hybridized carbons (Fsp3) is 0.133. The van der Waals surface area contributed by atoms with Crippen molar-refractivity contribution in [2.24, 2.45) is 0 Å². The van der Waals surface area contributed by atoms with Crippen LogP contribution in [0.3, 0.4) is 0 Å². The van der Waals surface area contributed by atoms with Gasteiger partial charge in [0.15, 0.2) is 9.84 Å². The molecule has 0 fully saturated rings. The van der Waals surface area contributed by atoms with Gasteiger partial charge in [0.2, 0.25) is 0 Å². The Hall–Kier alpha value is -2.34. The van der Waals surface area contributed by atoms with Crippen molar-refractivity contribution in [3.05, 3.63) is 53.6 Å². The third-order valence-electron chi connectivity index (χ3n) is 3.01. The first-order valence-corrected chi connectivity index (χ1v) is 8.07. The van der Waals surface area contributed by atoms with E-state index in [1.54, 1.807) is 19.1 Å². The maximum atomic E-state index is 12.0. The fourth-order valence-electron chi connectivity index (χ4n) is 1.74. The van der Waals surface area contributed by atoms with E-state index in [4.69, 9.17) is 0 Å². The van der Waals surface area contributed by atoms with Crippen LogP contribution in [0.1, 0.15) is 15.9 Å². The summed E-state index contributed by atoms with van der Waals surface area (Å²) in [5, 5.41) is 12.2. The number of aromatic hydroxyl groups is 1. The number of rotatable bonds is 3. The molecular weight excluding hydrogens is 290 g/mol. The van der Waals surface area contributed by atoms with E-state index in [1.165, 1.54) is 30.3 Å². The lowest BCUT2D eigenvalue weighted by molar-refractivity contribution is 0.102. The number of anilines is 1. The SMILES string of the molecule is Cc1ccc(NC(=O)c2ccc(S(C)(=O)=O)cc2)cc1O. The summed E-state index contributed by atoms with van der Waals surface area (Å²) in [5.74, 6) is -0.279. The van der Waals surface area contributed by atoms with Crippen LogP contribution in [0.25, 0.3) is 0 Å². The van der Waals surface area contributed by atoms with Crippen molar-refractivity contribution in [2.75, 3.05) is 11.6 Å². The molecule has 0 radical (unpaired) electrons. The molecule has 6 heteroatoms. The summed E-state index contributed by atoms with van der Waals surface area (Å²) in [5.41, 5.74) is 1.52. The molecule has 0 saturated heterocycles. The Morgan fingerprint density at radius 1 is 1.10 bits per heavy atom. The van der Waals surface area contributed by atoms with Crippen molar-refractivity contribution in [2.45, 2.75) is 11.8 Å². The highest BCUT2D eigenvalue weighted by Crippen LogP contribution is 2.21. The van der Waals surface area contributed by atoms with E-state index >= 15 is 0 Å². The van der Waals surface area contributed by atoms with Crippen molar-refractivity contribution in [1.82, 2.24) is 0 Å². The lowest BCUT2D eigenvalue weighted by atomic mass is 10.2. The molecule has 2 aromatic rings. The fourth-order valence-corrected chi connectivity index (χ4v) is 2.37. The molecule has 21 heavy (non-hydrogen) atoms. The van der Waals surface area contributed by atoms with Crippen molar-refractivity contribution >= 4 is 21.4 Å². The molecule has 2 aromatic carbocycles. The molecule has 0 aliphatic rings. The third-order valence-corrected chi connectivity index (χ3v) is 4.14. The topological polar surface area (TPSA) is 83.5 Å². The zero-order valence-electron chi connectivity index (χ0n) is 11.6. The Labute approximate surface area is 123 Å². The molecule has 0 saturated carbocycles. The van der Waals surface area contributed by atoms with Gasteiger partial charge in [0.25, 0.3) is 5.91 Å². The van der Waals surface area contributed by atoms with Gasteiger partial charge < -0.3 is 10.4 Å². The maximum Gasteiger partial charge on any atom is 0.255 e. The van der Waals surface area contributed by atoms with E-state index in [0.717, 1.165) is 6.26 Å². The number of carbonyl (C=O) groups is 1. The summed E-state index contributed by atoms with van der Waals surface area (Å²) in [6.45, 7) is 1.75.